The summed E-state index contributed by atoms with van der Waals surface area (Å²) >= 11 is 1.71. The Morgan fingerprint density at radius 3 is 2.89 bits per heavy atom. The average Bonchev–Trinajstić information content (AvgIpc) is 3.38. The third-order valence-electron chi connectivity index (χ3n) is 6.70. The Balaban J connectivity index is 1.48. The first-order chi connectivity index (χ1) is 17.0. The summed E-state index contributed by atoms with van der Waals surface area (Å²) in [5.74, 6) is 0.0951. The molecule has 0 unspecified atom stereocenters. The maximum absolute atomic E-state index is 13.0. The standard InChI is InChI=1S/C25H25N5O4S/c1-34-23-14(7-8-15-21(23)30(13-5-6-13)12-17(22(15)31)24(32)33)20-11-16-18(3-2-4-19(16)35-20)28-29-25-26-9-10-27-25/h7-8,11-13H,2-6,9-10H2,1H3,(H,32,33)(H2,26,27,29)/b28-18-. The van der Waals surface area contributed by atoms with Crippen LogP contribution in [0.1, 0.15) is 52.5 Å². The number of hydrazone groups is 1. The Morgan fingerprint density at radius 2 is 2.17 bits per heavy atom. The molecule has 3 aromatic rings. The second-order valence-electron chi connectivity index (χ2n) is 8.99. The number of aromatic nitrogens is 1. The number of aryl methyl sites for hydroxylation is 1. The van der Waals surface area contributed by atoms with Gasteiger partial charge in [0.2, 0.25) is 11.4 Å². The smallest absolute Gasteiger partial charge is 0.341 e. The van der Waals surface area contributed by atoms with Crippen molar-refractivity contribution >= 4 is 39.9 Å². The number of methoxy groups -OCH3 is 1. The van der Waals surface area contributed by atoms with Gasteiger partial charge in [-0.1, -0.05) is 0 Å². The summed E-state index contributed by atoms with van der Waals surface area (Å²) in [6.45, 7) is 1.57. The van der Waals surface area contributed by atoms with E-state index < -0.39 is 11.4 Å². The zero-order valence-electron chi connectivity index (χ0n) is 19.3. The van der Waals surface area contributed by atoms with Gasteiger partial charge in [-0.2, -0.15) is 5.10 Å². The van der Waals surface area contributed by atoms with Crippen LogP contribution in [0.25, 0.3) is 21.3 Å². The molecule has 0 amide bonds. The minimum Gasteiger partial charge on any atom is -0.494 e. The minimum atomic E-state index is -1.21. The molecule has 6 rings (SSSR count). The lowest BCUT2D eigenvalue weighted by Crippen LogP contribution is -2.31. The van der Waals surface area contributed by atoms with Crippen molar-refractivity contribution in [3.05, 3.63) is 50.6 Å². The number of pyridine rings is 1. The lowest BCUT2D eigenvalue weighted by atomic mass is 9.96. The number of hydrogen-bond donors (Lipinski definition) is 3. The molecule has 0 spiro atoms. The molecule has 0 radical (unpaired) electrons. The molecule has 1 fully saturated rings. The Bertz CT molecular complexity index is 1480. The molecule has 3 heterocycles. The predicted octanol–water partition coefficient (Wildman–Crippen LogP) is 3.36. The van der Waals surface area contributed by atoms with Gasteiger partial charge in [-0.15, -0.1) is 11.3 Å². The van der Waals surface area contributed by atoms with Crippen LogP contribution < -0.4 is 20.9 Å². The van der Waals surface area contributed by atoms with E-state index in [9.17, 15) is 14.7 Å². The van der Waals surface area contributed by atoms with Gasteiger partial charge in [-0.3, -0.25) is 4.79 Å². The summed E-state index contributed by atoms with van der Waals surface area (Å²) in [5.41, 5.74) is 6.06. The van der Waals surface area contributed by atoms with Crippen LogP contribution in [0.4, 0.5) is 0 Å². The third kappa shape index (κ3) is 3.78. The number of benzene rings is 1. The number of nitrogens with zero attached hydrogens (tertiary/aromatic N) is 3. The fourth-order valence-electron chi connectivity index (χ4n) is 4.86. The zero-order chi connectivity index (χ0) is 24.1. The van der Waals surface area contributed by atoms with E-state index in [0.29, 0.717) is 22.6 Å². The Kier molecular flexibility index (Phi) is 5.32. The zero-order valence-corrected chi connectivity index (χ0v) is 20.1. The maximum Gasteiger partial charge on any atom is 0.341 e. The van der Waals surface area contributed by atoms with Crippen molar-refractivity contribution in [2.75, 3.05) is 20.2 Å². The number of aromatic carboxylic acids is 1. The van der Waals surface area contributed by atoms with Gasteiger partial charge in [0.25, 0.3) is 0 Å². The molecule has 1 saturated carbocycles. The molecule has 180 valence electrons. The Labute approximate surface area is 205 Å². The predicted molar refractivity (Wildman–Crippen MR) is 136 cm³/mol. The van der Waals surface area contributed by atoms with Crippen molar-refractivity contribution in [1.29, 1.82) is 0 Å². The summed E-state index contributed by atoms with van der Waals surface area (Å²) in [5, 5.41) is 17.8. The minimum absolute atomic E-state index is 0.175. The van der Waals surface area contributed by atoms with E-state index in [1.54, 1.807) is 24.5 Å². The Hall–Kier alpha value is -3.66. The second kappa shape index (κ2) is 8.53. The van der Waals surface area contributed by atoms with Crippen LogP contribution in [0, 0.1) is 0 Å². The number of thiophene rings is 1. The van der Waals surface area contributed by atoms with E-state index in [4.69, 9.17) is 4.74 Å². The monoisotopic (exact) mass is 491 g/mol. The quantitative estimate of drug-likeness (QED) is 0.471. The lowest BCUT2D eigenvalue weighted by Gasteiger charge is -2.17. The van der Waals surface area contributed by atoms with Gasteiger partial charge in [0.1, 0.15) is 5.56 Å². The number of rotatable bonds is 5. The van der Waals surface area contributed by atoms with Crippen molar-refractivity contribution in [3.63, 3.8) is 0 Å². The first-order valence-corrected chi connectivity index (χ1v) is 12.6. The van der Waals surface area contributed by atoms with E-state index in [1.165, 1.54) is 11.1 Å². The number of carbonyl (C=O) groups is 1. The normalized spacial score (nSPS) is 18.3. The van der Waals surface area contributed by atoms with Crippen molar-refractivity contribution in [3.8, 4) is 16.2 Å². The second-order valence-corrected chi connectivity index (χ2v) is 10.1. The molecule has 35 heavy (non-hydrogen) atoms. The molecular formula is C25H25N5O4S. The average molecular weight is 492 g/mol. The molecule has 3 aliphatic rings. The fraction of sp³-hybridized carbons (Fsp3) is 0.360. The van der Waals surface area contributed by atoms with Crippen molar-refractivity contribution in [1.82, 2.24) is 15.3 Å². The largest absolute Gasteiger partial charge is 0.494 e. The maximum atomic E-state index is 13.0. The highest BCUT2D eigenvalue weighted by Crippen LogP contribution is 2.45. The number of hydrogen-bond acceptors (Lipinski definition) is 8. The molecule has 0 atom stereocenters. The van der Waals surface area contributed by atoms with Gasteiger partial charge < -0.3 is 19.7 Å². The third-order valence-corrected chi connectivity index (χ3v) is 7.92. The van der Waals surface area contributed by atoms with E-state index in [1.807, 2.05) is 10.6 Å². The summed E-state index contributed by atoms with van der Waals surface area (Å²) < 4.78 is 7.81. The molecule has 2 aliphatic carbocycles. The van der Waals surface area contributed by atoms with Gasteiger partial charge in [0.05, 0.1) is 30.3 Å². The van der Waals surface area contributed by atoms with Gasteiger partial charge in [0, 0.05) is 39.7 Å². The SMILES string of the molecule is COc1c(-c2cc3c(s2)CCC/C3=N/NC2=NCCN2)ccc2c(=O)c(C(=O)O)cn(C3CC3)c12. The fourth-order valence-corrected chi connectivity index (χ4v) is 6.11. The number of ether oxygens (including phenoxy) is 1. The number of carboxylic acid groups (broad SMARTS) is 1. The van der Waals surface area contributed by atoms with Gasteiger partial charge in [-0.05, 0) is 50.3 Å². The number of fused-ring (bicyclic) bond motifs is 2. The number of guanidine groups is 1. The summed E-state index contributed by atoms with van der Waals surface area (Å²) in [6.07, 6.45) is 6.28. The summed E-state index contributed by atoms with van der Waals surface area (Å²) in [4.78, 5) is 31.3. The summed E-state index contributed by atoms with van der Waals surface area (Å²) in [6, 6.07) is 5.93. The molecule has 0 bridgehead atoms. The van der Waals surface area contributed by atoms with E-state index in [2.05, 4.69) is 26.9 Å². The number of aliphatic imine (C=N–C) groups is 1. The highest BCUT2D eigenvalue weighted by molar-refractivity contribution is 7.16. The first-order valence-electron chi connectivity index (χ1n) is 11.8. The molecule has 0 saturated heterocycles. The van der Waals surface area contributed by atoms with Crippen LogP contribution in [-0.2, 0) is 6.42 Å². The van der Waals surface area contributed by atoms with E-state index >= 15 is 0 Å². The van der Waals surface area contributed by atoms with E-state index in [0.717, 1.165) is 66.9 Å². The molecule has 1 aliphatic heterocycles. The molecule has 10 heteroatoms. The van der Waals surface area contributed by atoms with Crippen molar-refractivity contribution < 1.29 is 14.6 Å². The van der Waals surface area contributed by atoms with Crippen molar-refractivity contribution in [2.24, 2.45) is 10.1 Å². The summed E-state index contributed by atoms with van der Waals surface area (Å²) in [7, 11) is 1.60. The van der Waals surface area contributed by atoms with Crippen LogP contribution >= 0.6 is 11.3 Å². The van der Waals surface area contributed by atoms with Crippen molar-refractivity contribution in [2.45, 2.75) is 38.1 Å². The molecule has 3 N–H and O–H groups in total. The van der Waals surface area contributed by atoms with Gasteiger partial charge in [-0.25, -0.2) is 15.2 Å². The van der Waals surface area contributed by atoms with Crippen LogP contribution in [0.2, 0.25) is 0 Å². The lowest BCUT2D eigenvalue weighted by molar-refractivity contribution is 0.0695. The molecule has 2 aromatic heterocycles. The van der Waals surface area contributed by atoms with Crippen LogP contribution in [0.5, 0.6) is 5.75 Å². The van der Waals surface area contributed by atoms with Gasteiger partial charge in [0.15, 0.2) is 5.75 Å². The molecule has 1 aromatic carbocycles. The molecule has 9 nitrogen and oxygen atoms in total. The molecular weight excluding hydrogens is 466 g/mol. The highest BCUT2D eigenvalue weighted by atomic mass is 32.1. The van der Waals surface area contributed by atoms with Crippen LogP contribution in [0.3, 0.4) is 0 Å². The topological polar surface area (TPSA) is 117 Å². The van der Waals surface area contributed by atoms with Crippen LogP contribution in [-0.4, -0.2) is 47.5 Å². The number of nitrogens with one attached hydrogen (secondary N) is 2. The van der Waals surface area contributed by atoms with Crippen LogP contribution in [0.15, 0.2) is 39.3 Å². The Morgan fingerprint density at radius 1 is 1.31 bits per heavy atom. The number of carboxylic acids is 1. The van der Waals surface area contributed by atoms with Gasteiger partial charge >= 0.3 is 5.97 Å². The van der Waals surface area contributed by atoms with E-state index in [-0.39, 0.29) is 11.6 Å². The highest BCUT2D eigenvalue weighted by Gasteiger charge is 2.30. The first kappa shape index (κ1) is 21.8.